The van der Waals surface area contributed by atoms with E-state index in [0.717, 1.165) is 0 Å². The predicted molar refractivity (Wildman–Crippen MR) is 128 cm³/mol. The van der Waals surface area contributed by atoms with Crippen LogP contribution in [-0.4, -0.2) is 72.2 Å². The van der Waals surface area contributed by atoms with E-state index in [4.69, 9.17) is 9.47 Å². The highest BCUT2D eigenvalue weighted by Gasteiger charge is 2.30. The number of ether oxygens (including phenoxy) is 2. The van der Waals surface area contributed by atoms with Gasteiger partial charge in [0.05, 0.1) is 23.7 Å². The van der Waals surface area contributed by atoms with E-state index in [1.54, 1.807) is 27.7 Å². The van der Waals surface area contributed by atoms with Crippen LogP contribution in [0.25, 0.3) is 0 Å². The van der Waals surface area contributed by atoms with Gasteiger partial charge >= 0.3 is 23.9 Å². The van der Waals surface area contributed by atoms with Crippen LogP contribution >= 0.6 is 0 Å². The maximum atomic E-state index is 12.6. The number of carbonyl (C=O) groups excluding carboxylic acids is 4. The fourth-order valence-corrected chi connectivity index (χ4v) is 3.89. The fourth-order valence-electron chi connectivity index (χ4n) is 3.89. The number of esters is 2. The van der Waals surface area contributed by atoms with Crippen LogP contribution in [0, 0.1) is 23.7 Å². The summed E-state index contributed by atoms with van der Waals surface area (Å²) < 4.78 is 10.4. The molecule has 0 aromatic heterocycles. The molecule has 0 aromatic rings. The van der Waals surface area contributed by atoms with Crippen molar-refractivity contribution in [3.63, 3.8) is 0 Å². The van der Waals surface area contributed by atoms with E-state index in [0.29, 0.717) is 25.7 Å². The van der Waals surface area contributed by atoms with Gasteiger partial charge in [-0.1, -0.05) is 13.8 Å². The Labute approximate surface area is 211 Å². The van der Waals surface area contributed by atoms with Gasteiger partial charge < -0.3 is 30.3 Å². The number of amides is 2. The molecule has 206 valence electrons. The number of carbonyl (C=O) groups is 6. The fraction of sp³-hybridized carbons (Fsp3) is 0.750. The topological polar surface area (TPSA) is 185 Å². The molecular formula is C24H40N2O10. The highest BCUT2D eigenvalue weighted by molar-refractivity contribution is 5.76. The first-order chi connectivity index (χ1) is 17.0. The van der Waals surface area contributed by atoms with E-state index >= 15 is 0 Å². The van der Waals surface area contributed by atoms with Crippen LogP contribution in [0.4, 0.5) is 0 Å². The standard InChI is InChI=1S/C24H40N2O10/c1-5-17(21(29)30)11-19(9-15(3)25-13-27)23(33)35-7-8-36-24(34)20(10-16(4)26-14-28)12-18(6-2)22(31)32/h13-20H,5-12H2,1-4H3,(H,25,27)(H,26,28)(H,29,30)(H,31,32). The Balaban J connectivity index is 5.07. The zero-order valence-corrected chi connectivity index (χ0v) is 21.4. The zero-order valence-electron chi connectivity index (χ0n) is 21.4. The summed E-state index contributed by atoms with van der Waals surface area (Å²) in [5.74, 6) is -6.47. The first-order valence-corrected chi connectivity index (χ1v) is 12.2. The van der Waals surface area contributed by atoms with Crippen LogP contribution in [0.15, 0.2) is 0 Å². The van der Waals surface area contributed by atoms with Crippen molar-refractivity contribution in [3.05, 3.63) is 0 Å². The van der Waals surface area contributed by atoms with Crippen molar-refractivity contribution < 1.29 is 48.5 Å². The molecule has 0 aliphatic heterocycles. The van der Waals surface area contributed by atoms with Gasteiger partial charge in [0.25, 0.3) is 0 Å². The van der Waals surface area contributed by atoms with Gasteiger partial charge in [-0.3, -0.25) is 28.8 Å². The molecule has 0 fully saturated rings. The average Bonchev–Trinajstić information content (AvgIpc) is 2.81. The number of hydrogen-bond acceptors (Lipinski definition) is 8. The summed E-state index contributed by atoms with van der Waals surface area (Å²) in [6.07, 6.45) is 2.06. The summed E-state index contributed by atoms with van der Waals surface area (Å²) in [7, 11) is 0. The molecule has 0 aromatic carbocycles. The predicted octanol–water partition coefficient (Wildman–Crippen LogP) is 1.36. The minimum absolute atomic E-state index is 0.0343. The largest absolute Gasteiger partial charge is 0.481 e. The summed E-state index contributed by atoms with van der Waals surface area (Å²) in [5, 5.41) is 23.7. The number of hydrogen-bond donors (Lipinski definition) is 4. The third-order valence-electron chi connectivity index (χ3n) is 6.04. The van der Waals surface area contributed by atoms with Gasteiger partial charge in [-0.05, 0) is 52.4 Å². The quantitative estimate of drug-likeness (QED) is 0.0986. The zero-order chi connectivity index (χ0) is 27.7. The maximum absolute atomic E-state index is 12.6. The third-order valence-corrected chi connectivity index (χ3v) is 6.04. The number of carboxylic acid groups (broad SMARTS) is 2. The molecule has 0 heterocycles. The van der Waals surface area contributed by atoms with Crippen LogP contribution in [0.5, 0.6) is 0 Å². The molecule has 0 spiro atoms. The molecular weight excluding hydrogens is 476 g/mol. The molecule has 12 nitrogen and oxygen atoms in total. The van der Waals surface area contributed by atoms with E-state index in [-0.39, 0.29) is 51.0 Å². The third kappa shape index (κ3) is 13.1. The van der Waals surface area contributed by atoms with Crippen molar-refractivity contribution in [1.82, 2.24) is 10.6 Å². The second kappa shape index (κ2) is 18.1. The minimum atomic E-state index is -1.03. The Bertz CT molecular complexity index is 670. The van der Waals surface area contributed by atoms with Crippen molar-refractivity contribution in [2.24, 2.45) is 23.7 Å². The smallest absolute Gasteiger partial charge is 0.309 e. The van der Waals surface area contributed by atoms with Crippen LogP contribution in [0.2, 0.25) is 0 Å². The van der Waals surface area contributed by atoms with Crippen LogP contribution in [0.1, 0.15) is 66.2 Å². The number of carboxylic acids is 2. The monoisotopic (exact) mass is 516 g/mol. The van der Waals surface area contributed by atoms with Crippen molar-refractivity contribution in [1.29, 1.82) is 0 Å². The lowest BCUT2D eigenvalue weighted by Crippen LogP contribution is -2.34. The molecule has 36 heavy (non-hydrogen) atoms. The van der Waals surface area contributed by atoms with Crippen molar-refractivity contribution >= 4 is 36.7 Å². The normalized spacial score (nSPS) is 15.8. The Kier molecular flexibility index (Phi) is 16.5. The molecule has 0 saturated heterocycles. The first-order valence-electron chi connectivity index (χ1n) is 12.2. The summed E-state index contributed by atoms with van der Waals surface area (Å²) in [4.78, 5) is 69.5. The van der Waals surface area contributed by atoms with Gasteiger partial charge in [-0.15, -0.1) is 0 Å². The summed E-state index contributed by atoms with van der Waals surface area (Å²) >= 11 is 0. The van der Waals surface area contributed by atoms with Gasteiger partial charge in [0.15, 0.2) is 0 Å². The van der Waals surface area contributed by atoms with Crippen molar-refractivity contribution in [2.75, 3.05) is 13.2 Å². The lowest BCUT2D eigenvalue weighted by Gasteiger charge is -2.23. The summed E-state index contributed by atoms with van der Waals surface area (Å²) in [6, 6.07) is -0.764. The number of rotatable bonds is 21. The molecule has 0 saturated carbocycles. The average molecular weight is 517 g/mol. The molecule has 0 aliphatic rings. The molecule has 0 radical (unpaired) electrons. The van der Waals surface area contributed by atoms with Crippen molar-refractivity contribution in [3.8, 4) is 0 Å². The van der Waals surface area contributed by atoms with E-state index < -0.39 is 47.5 Å². The molecule has 0 bridgehead atoms. The molecule has 0 rings (SSSR count). The maximum Gasteiger partial charge on any atom is 0.309 e. The lowest BCUT2D eigenvalue weighted by atomic mass is 9.88. The molecule has 6 unspecified atom stereocenters. The molecule has 6 atom stereocenters. The van der Waals surface area contributed by atoms with Gasteiger partial charge in [-0.25, -0.2) is 0 Å². The van der Waals surface area contributed by atoms with E-state index in [2.05, 4.69) is 10.6 Å². The van der Waals surface area contributed by atoms with Crippen LogP contribution < -0.4 is 10.6 Å². The highest BCUT2D eigenvalue weighted by atomic mass is 16.6. The van der Waals surface area contributed by atoms with E-state index in [1.807, 2.05) is 0 Å². The van der Waals surface area contributed by atoms with Gasteiger partial charge in [0, 0.05) is 12.1 Å². The SMILES string of the molecule is CCC(CC(CC(C)NC=O)C(=O)OCCOC(=O)C(CC(C)NC=O)CC(CC)C(=O)O)C(=O)O. The van der Waals surface area contributed by atoms with Crippen LogP contribution in [-0.2, 0) is 38.2 Å². The Morgan fingerprint density at radius 3 is 1.25 bits per heavy atom. The second-order valence-corrected chi connectivity index (χ2v) is 8.93. The minimum Gasteiger partial charge on any atom is -0.481 e. The van der Waals surface area contributed by atoms with Gasteiger partial charge in [-0.2, -0.15) is 0 Å². The number of aliphatic carboxylic acids is 2. The first kappa shape index (κ1) is 32.8. The van der Waals surface area contributed by atoms with Gasteiger partial charge in [0.2, 0.25) is 12.8 Å². The van der Waals surface area contributed by atoms with E-state index in [9.17, 15) is 39.0 Å². The Morgan fingerprint density at radius 1 is 0.667 bits per heavy atom. The second-order valence-electron chi connectivity index (χ2n) is 8.93. The molecule has 2 amide bonds. The number of nitrogens with one attached hydrogen (secondary N) is 2. The van der Waals surface area contributed by atoms with E-state index in [1.165, 1.54) is 0 Å². The Hall–Kier alpha value is -3.18. The summed E-state index contributed by atoms with van der Waals surface area (Å²) in [5.41, 5.74) is 0. The van der Waals surface area contributed by atoms with Crippen LogP contribution in [0.3, 0.4) is 0 Å². The molecule has 4 N–H and O–H groups in total. The molecule has 12 heteroatoms. The molecule has 0 aliphatic carbocycles. The highest BCUT2D eigenvalue weighted by Crippen LogP contribution is 2.23. The lowest BCUT2D eigenvalue weighted by molar-refractivity contribution is -0.159. The van der Waals surface area contributed by atoms with Crippen molar-refractivity contribution in [2.45, 2.75) is 78.3 Å². The summed E-state index contributed by atoms with van der Waals surface area (Å²) in [6.45, 7) is 6.21. The Morgan fingerprint density at radius 2 is 1.00 bits per heavy atom. The van der Waals surface area contributed by atoms with Gasteiger partial charge in [0.1, 0.15) is 13.2 Å².